The lowest BCUT2D eigenvalue weighted by Gasteiger charge is -2.14. The monoisotopic (exact) mass is 336 g/mol. The van der Waals surface area contributed by atoms with Crippen LogP contribution in [0.1, 0.15) is 19.4 Å². The van der Waals surface area contributed by atoms with Gasteiger partial charge in [0.05, 0.1) is 12.6 Å². The maximum Gasteiger partial charge on any atom is 0.225 e. The lowest BCUT2D eigenvalue weighted by Crippen LogP contribution is -2.14. The molecule has 3 rings (SSSR count). The number of fused-ring (bicyclic) bond motifs is 1. The second-order valence-corrected chi connectivity index (χ2v) is 6.20. The van der Waals surface area contributed by atoms with Crippen LogP contribution in [0.4, 0.5) is 11.8 Å². The molecule has 2 aromatic carbocycles. The summed E-state index contributed by atoms with van der Waals surface area (Å²) in [6.45, 7) is 4.94. The maximum absolute atomic E-state index is 5.40. The van der Waals surface area contributed by atoms with Crippen molar-refractivity contribution in [1.82, 2.24) is 9.97 Å². The van der Waals surface area contributed by atoms with Crippen molar-refractivity contribution in [3.8, 4) is 5.75 Å². The van der Waals surface area contributed by atoms with Crippen LogP contribution in [0, 0.1) is 0 Å². The molecule has 0 fully saturated rings. The average Bonchev–Trinajstić information content (AvgIpc) is 2.62. The van der Waals surface area contributed by atoms with Crippen molar-refractivity contribution in [3.63, 3.8) is 0 Å². The average molecular weight is 336 g/mol. The molecule has 1 heterocycles. The van der Waals surface area contributed by atoms with Gasteiger partial charge in [-0.15, -0.1) is 0 Å². The molecule has 0 bridgehead atoms. The highest BCUT2D eigenvalue weighted by molar-refractivity contribution is 5.90. The molecule has 0 spiro atoms. The highest BCUT2D eigenvalue weighted by Gasteiger charge is 2.08. The smallest absolute Gasteiger partial charge is 0.225 e. The van der Waals surface area contributed by atoms with Crippen molar-refractivity contribution in [3.05, 3.63) is 54.1 Å². The maximum atomic E-state index is 5.40. The van der Waals surface area contributed by atoms with Crippen LogP contribution in [-0.4, -0.2) is 29.7 Å². The van der Waals surface area contributed by atoms with E-state index in [0.29, 0.717) is 12.0 Å². The van der Waals surface area contributed by atoms with Crippen LogP contribution in [0.3, 0.4) is 0 Å². The fraction of sp³-hybridized carbons (Fsp3) is 0.300. The third-order valence-corrected chi connectivity index (χ3v) is 3.90. The molecule has 5 heteroatoms. The summed E-state index contributed by atoms with van der Waals surface area (Å²) in [5, 5.41) is 7.77. The molecule has 1 aromatic heterocycles. The molecule has 0 unspecified atom stereocenters. The summed E-state index contributed by atoms with van der Waals surface area (Å²) in [7, 11) is 1.70. The molecule has 25 heavy (non-hydrogen) atoms. The van der Waals surface area contributed by atoms with Crippen LogP contribution in [0.25, 0.3) is 10.9 Å². The number of anilines is 2. The molecule has 0 aliphatic carbocycles. The first-order valence-electron chi connectivity index (χ1n) is 8.56. The number of para-hydroxylation sites is 2. The zero-order chi connectivity index (χ0) is 17.6. The SMILES string of the molecule is COc1ccccc1CCNc1nc(NC(C)C)c2ccccc2n1. The van der Waals surface area contributed by atoms with Gasteiger partial charge in [-0.05, 0) is 44.0 Å². The lowest BCUT2D eigenvalue weighted by atomic mass is 10.1. The van der Waals surface area contributed by atoms with Gasteiger partial charge in [-0.2, -0.15) is 4.98 Å². The summed E-state index contributed by atoms with van der Waals surface area (Å²) in [4.78, 5) is 9.27. The number of nitrogens with zero attached hydrogens (tertiary/aromatic N) is 2. The van der Waals surface area contributed by atoms with Crippen LogP contribution in [-0.2, 0) is 6.42 Å². The Balaban J connectivity index is 1.77. The lowest BCUT2D eigenvalue weighted by molar-refractivity contribution is 0.410. The second kappa shape index (κ2) is 7.83. The van der Waals surface area contributed by atoms with E-state index in [1.54, 1.807) is 7.11 Å². The Kier molecular flexibility index (Phi) is 5.33. The van der Waals surface area contributed by atoms with Crippen LogP contribution in [0.15, 0.2) is 48.5 Å². The molecule has 0 aliphatic heterocycles. The summed E-state index contributed by atoms with van der Waals surface area (Å²) in [5.41, 5.74) is 2.10. The fourth-order valence-corrected chi connectivity index (χ4v) is 2.76. The third kappa shape index (κ3) is 4.18. The Bertz CT molecular complexity index is 848. The van der Waals surface area contributed by atoms with Gasteiger partial charge in [-0.1, -0.05) is 30.3 Å². The van der Waals surface area contributed by atoms with Gasteiger partial charge in [0.1, 0.15) is 11.6 Å². The van der Waals surface area contributed by atoms with E-state index in [9.17, 15) is 0 Å². The zero-order valence-corrected chi connectivity index (χ0v) is 14.9. The Hall–Kier alpha value is -2.82. The number of hydrogen-bond donors (Lipinski definition) is 2. The summed E-state index contributed by atoms with van der Waals surface area (Å²) in [6.07, 6.45) is 0.840. The Labute approximate surface area is 148 Å². The summed E-state index contributed by atoms with van der Waals surface area (Å²) >= 11 is 0. The Morgan fingerprint density at radius 1 is 1.00 bits per heavy atom. The first-order valence-corrected chi connectivity index (χ1v) is 8.56. The molecule has 0 radical (unpaired) electrons. The number of nitrogens with one attached hydrogen (secondary N) is 2. The van der Waals surface area contributed by atoms with Gasteiger partial charge < -0.3 is 15.4 Å². The molecule has 0 atom stereocenters. The zero-order valence-electron chi connectivity index (χ0n) is 14.9. The van der Waals surface area contributed by atoms with E-state index in [-0.39, 0.29) is 0 Å². The van der Waals surface area contributed by atoms with Gasteiger partial charge >= 0.3 is 0 Å². The van der Waals surface area contributed by atoms with Crippen molar-refractivity contribution in [2.24, 2.45) is 0 Å². The third-order valence-electron chi connectivity index (χ3n) is 3.90. The van der Waals surface area contributed by atoms with E-state index in [2.05, 4.69) is 40.5 Å². The molecule has 2 N–H and O–H groups in total. The quantitative estimate of drug-likeness (QED) is 0.680. The van der Waals surface area contributed by atoms with E-state index in [0.717, 1.165) is 35.4 Å². The van der Waals surface area contributed by atoms with Gasteiger partial charge in [0.25, 0.3) is 0 Å². The number of ether oxygens (including phenoxy) is 1. The predicted molar refractivity (Wildman–Crippen MR) is 103 cm³/mol. The molecule has 3 aromatic rings. The van der Waals surface area contributed by atoms with Crippen LogP contribution >= 0.6 is 0 Å². The molecule has 5 nitrogen and oxygen atoms in total. The van der Waals surface area contributed by atoms with Gasteiger partial charge in [0.15, 0.2) is 0 Å². The minimum absolute atomic E-state index is 0.305. The number of aromatic nitrogens is 2. The van der Waals surface area contributed by atoms with Crippen molar-refractivity contribution in [1.29, 1.82) is 0 Å². The van der Waals surface area contributed by atoms with Crippen molar-refractivity contribution < 1.29 is 4.74 Å². The predicted octanol–water partition coefficient (Wildman–Crippen LogP) is 4.11. The normalized spacial score (nSPS) is 10.9. The van der Waals surface area contributed by atoms with Gasteiger partial charge in [-0.25, -0.2) is 4.98 Å². The van der Waals surface area contributed by atoms with Gasteiger partial charge in [-0.3, -0.25) is 0 Å². The number of benzene rings is 2. The highest BCUT2D eigenvalue weighted by Crippen LogP contribution is 2.23. The van der Waals surface area contributed by atoms with Gasteiger partial charge in [0, 0.05) is 18.0 Å². The molecular formula is C20H24N4O. The van der Waals surface area contributed by atoms with E-state index < -0.39 is 0 Å². The number of hydrogen-bond acceptors (Lipinski definition) is 5. The minimum atomic E-state index is 0.305. The summed E-state index contributed by atoms with van der Waals surface area (Å²) in [5.74, 6) is 2.41. The van der Waals surface area contributed by atoms with Crippen LogP contribution in [0.2, 0.25) is 0 Å². The molecule has 0 amide bonds. The van der Waals surface area contributed by atoms with Crippen LogP contribution < -0.4 is 15.4 Å². The van der Waals surface area contributed by atoms with E-state index in [1.165, 1.54) is 5.56 Å². The van der Waals surface area contributed by atoms with Crippen molar-refractivity contribution in [2.45, 2.75) is 26.3 Å². The second-order valence-electron chi connectivity index (χ2n) is 6.20. The molecule has 0 saturated carbocycles. The minimum Gasteiger partial charge on any atom is -0.496 e. The van der Waals surface area contributed by atoms with E-state index >= 15 is 0 Å². The summed E-state index contributed by atoms with van der Waals surface area (Å²) in [6, 6.07) is 16.4. The standard InChI is InChI=1S/C20H24N4O/c1-14(2)22-19-16-9-5-6-10-17(16)23-20(24-19)21-13-12-15-8-4-7-11-18(15)25-3/h4-11,14H,12-13H2,1-3H3,(H2,21,22,23,24). The van der Waals surface area contributed by atoms with E-state index in [4.69, 9.17) is 4.74 Å². The molecule has 0 saturated heterocycles. The Morgan fingerprint density at radius 2 is 1.76 bits per heavy atom. The van der Waals surface area contributed by atoms with Crippen LogP contribution in [0.5, 0.6) is 5.75 Å². The summed E-state index contributed by atoms with van der Waals surface area (Å²) < 4.78 is 5.40. The van der Waals surface area contributed by atoms with Crippen molar-refractivity contribution in [2.75, 3.05) is 24.3 Å². The molecular weight excluding hydrogens is 312 g/mol. The number of methoxy groups -OCH3 is 1. The van der Waals surface area contributed by atoms with E-state index in [1.807, 2.05) is 42.5 Å². The molecule has 0 aliphatic rings. The fourth-order valence-electron chi connectivity index (χ4n) is 2.76. The van der Waals surface area contributed by atoms with Gasteiger partial charge in [0.2, 0.25) is 5.95 Å². The first-order chi connectivity index (χ1) is 12.2. The topological polar surface area (TPSA) is 59.1 Å². The largest absolute Gasteiger partial charge is 0.496 e. The number of rotatable bonds is 7. The molecule has 130 valence electrons. The van der Waals surface area contributed by atoms with Crippen molar-refractivity contribution >= 4 is 22.7 Å². The first kappa shape index (κ1) is 17.0. The highest BCUT2D eigenvalue weighted by atomic mass is 16.5. The Morgan fingerprint density at radius 3 is 2.56 bits per heavy atom.